The maximum Gasteiger partial charge on any atom is 0.188 e. The molecule has 0 aliphatic heterocycles. The molecule has 1 atom stereocenters. The molecule has 15 heavy (non-hydrogen) atoms. The molecule has 0 spiro atoms. The van der Waals surface area contributed by atoms with Gasteiger partial charge in [-0.25, -0.2) is 0 Å². The largest absolute Gasteiger partial charge is 0.466 e. The number of methoxy groups -OCH3 is 1. The molecule has 1 aromatic rings. The monoisotopic (exact) mass is 273 g/mol. The molecule has 2 N–H and O–H groups in total. The van der Waals surface area contributed by atoms with E-state index in [-0.39, 0.29) is 12.8 Å². The summed E-state index contributed by atoms with van der Waals surface area (Å²) in [4.78, 5) is 0. The number of hydrogen-bond donors (Lipinski definition) is 1. The van der Waals surface area contributed by atoms with Gasteiger partial charge >= 0.3 is 0 Å². The fourth-order valence-electron chi connectivity index (χ4n) is 1.28. The first kappa shape index (κ1) is 12.5. The lowest BCUT2D eigenvalue weighted by atomic mass is 10.1. The van der Waals surface area contributed by atoms with Gasteiger partial charge in [0.25, 0.3) is 0 Å². The van der Waals surface area contributed by atoms with Crippen molar-refractivity contribution < 1.29 is 9.47 Å². The molecule has 0 amide bonds. The highest BCUT2D eigenvalue weighted by molar-refractivity contribution is 9.10. The fourth-order valence-corrected chi connectivity index (χ4v) is 1.82. The van der Waals surface area contributed by atoms with E-state index in [1.807, 2.05) is 25.1 Å². The van der Waals surface area contributed by atoms with Gasteiger partial charge in [0.1, 0.15) is 5.75 Å². The summed E-state index contributed by atoms with van der Waals surface area (Å²) in [6.45, 7) is 2.24. The van der Waals surface area contributed by atoms with E-state index >= 15 is 0 Å². The minimum absolute atomic E-state index is 0.169. The molecule has 0 saturated heterocycles. The van der Waals surface area contributed by atoms with Crippen molar-refractivity contribution >= 4 is 15.9 Å². The number of ether oxygens (including phenoxy) is 2. The number of benzene rings is 1. The minimum atomic E-state index is 0.169. The molecule has 4 heteroatoms. The molecular formula is C11H16BrNO2. The summed E-state index contributed by atoms with van der Waals surface area (Å²) in [5, 5.41) is 0. The summed E-state index contributed by atoms with van der Waals surface area (Å²) in [6.07, 6.45) is 0.864. The highest BCUT2D eigenvalue weighted by Gasteiger charge is 2.04. The molecule has 0 radical (unpaired) electrons. The number of rotatable bonds is 5. The Morgan fingerprint density at radius 1 is 1.47 bits per heavy atom. The lowest BCUT2D eigenvalue weighted by Crippen LogP contribution is -2.17. The smallest absolute Gasteiger partial charge is 0.188 e. The van der Waals surface area contributed by atoms with Crippen LogP contribution in [0.1, 0.15) is 12.5 Å². The Bertz CT molecular complexity index is 315. The van der Waals surface area contributed by atoms with Gasteiger partial charge < -0.3 is 15.2 Å². The minimum Gasteiger partial charge on any atom is -0.466 e. The van der Waals surface area contributed by atoms with E-state index < -0.39 is 0 Å². The van der Waals surface area contributed by atoms with Crippen molar-refractivity contribution in [2.75, 3.05) is 13.9 Å². The third kappa shape index (κ3) is 4.20. The summed E-state index contributed by atoms with van der Waals surface area (Å²) in [5.74, 6) is 0.783. The van der Waals surface area contributed by atoms with Crippen molar-refractivity contribution in [3.63, 3.8) is 0 Å². The molecule has 1 rings (SSSR count). The van der Waals surface area contributed by atoms with E-state index in [1.54, 1.807) is 7.11 Å². The van der Waals surface area contributed by atoms with Gasteiger partial charge in [0, 0.05) is 13.2 Å². The second-order valence-corrected chi connectivity index (χ2v) is 4.35. The molecule has 1 unspecified atom stereocenters. The Morgan fingerprint density at radius 2 is 2.20 bits per heavy atom. The quantitative estimate of drug-likeness (QED) is 0.838. The van der Waals surface area contributed by atoms with E-state index in [0.29, 0.717) is 0 Å². The Labute approximate surface area is 98.7 Å². The molecule has 0 aromatic heterocycles. The second kappa shape index (κ2) is 6.10. The van der Waals surface area contributed by atoms with Gasteiger partial charge in [0.05, 0.1) is 4.47 Å². The van der Waals surface area contributed by atoms with Crippen molar-refractivity contribution in [2.45, 2.75) is 19.4 Å². The van der Waals surface area contributed by atoms with E-state index in [1.165, 1.54) is 5.56 Å². The molecule has 84 valence electrons. The van der Waals surface area contributed by atoms with Crippen LogP contribution in [0.2, 0.25) is 0 Å². The highest BCUT2D eigenvalue weighted by atomic mass is 79.9. The van der Waals surface area contributed by atoms with Gasteiger partial charge in [0.15, 0.2) is 6.79 Å². The van der Waals surface area contributed by atoms with Crippen molar-refractivity contribution in [3.05, 3.63) is 28.2 Å². The summed E-state index contributed by atoms with van der Waals surface area (Å²) in [7, 11) is 1.60. The summed E-state index contributed by atoms with van der Waals surface area (Å²) in [5.41, 5.74) is 6.92. The SMILES string of the molecule is COCOc1ccc(CC(C)N)cc1Br. The normalized spacial score (nSPS) is 12.5. The first-order valence-corrected chi connectivity index (χ1v) is 5.58. The van der Waals surface area contributed by atoms with Gasteiger partial charge in [0.2, 0.25) is 0 Å². The summed E-state index contributed by atoms with van der Waals surface area (Å²) >= 11 is 3.45. The van der Waals surface area contributed by atoms with Crippen LogP contribution in [0.5, 0.6) is 5.75 Å². The third-order valence-electron chi connectivity index (χ3n) is 1.89. The molecule has 0 bridgehead atoms. The fraction of sp³-hybridized carbons (Fsp3) is 0.455. The number of nitrogens with two attached hydrogens (primary N) is 1. The Kier molecular flexibility index (Phi) is 5.08. The molecule has 0 fully saturated rings. The van der Waals surface area contributed by atoms with Gasteiger partial charge in [-0.1, -0.05) is 6.07 Å². The lowest BCUT2D eigenvalue weighted by Gasteiger charge is -2.10. The predicted octanol–water partition coefficient (Wildman–Crippen LogP) is 2.32. The first-order valence-electron chi connectivity index (χ1n) is 4.79. The van der Waals surface area contributed by atoms with Gasteiger partial charge in [-0.3, -0.25) is 0 Å². The van der Waals surface area contributed by atoms with Crippen LogP contribution in [0, 0.1) is 0 Å². The zero-order valence-electron chi connectivity index (χ0n) is 9.00. The summed E-state index contributed by atoms with van der Waals surface area (Å²) in [6, 6.07) is 6.12. The molecule has 0 heterocycles. The van der Waals surface area contributed by atoms with Crippen LogP contribution in [-0.2, 0) is 11.2 Å². The van der Waals surface area contributed by atoms with E-state index in [4.69, 9.17) is 15.2 Å². The third-order valence-corrected chi connectivity index (χ3v) is 2.51. The number of hydrogen-bond acceptors (Lipinski definition) is 3. The standard InChI is InChI=1S/C11H16BrNO2/c1-8(13)5-9-3-4-11(10(12)6-9)15-7-14-2/h3-4,6,8H,5,7,13H2,1-2H3. The maximum atomic E-state index is 5.73. The van der Waals surface area contributed by atoms with Crippen LogP contribution in [0.25, 0.3) is 0 Å². The van der Waals surface area contributed by atoms with Crippen molar-refractivity contribution in [2.24, 2.45) is 5.73 Å². The second-order valence-electron chi connectivity index (χ2n) is 3.50. The zero-order chi connectivity index (χ0) is 11.3. The Balaban J connectivity index is 2.69. The van der Waals surface area contributed by atoms with Crippen LogP contribution in [-0.4, -0.2) is 19.9 Å². The van der Waals surface area contributed by atoms with Crippen molar-refractivity contribution in [1.29, 1.82) is 0 Å². The summed E-state index contributed by atoms with van der Waals surface area (Å²) < 4.78 is 11.1. The molecule has 3 nitrogen and oxygen atoms in total. The van der Waals surface area contributed by atoms with E-state index in [9.17, 15) is 0 Å². The topological polar surface area (TPSA) is 44.5 Å². The highest BCUT2D eigenvalue weighted by Crippen LogP contribution is 2.26. The average molecular weight is 274 g/mol. The van der Waals surface area contributed by atoms with E-state index in [2.05, 4.69) is 15.9 Å². The van der Waals surface area contributed by atoms with Crippen LogP contribution in [0.3, 0.4) is 0 Å². The van der Waals surface area contributed by atoms with Crippen LogP contribution in [0.4, 0.5) is 0 Å². The van der Waals surface area contributed by atoms with Gasteiger partial charge in [-0.05, 0) is 47.0 Å². The van der Waals surface area contributed by atoms with E-state index in [0.717, 1.165) is 16.6 Å². The van der Waals surface area contributed by atoms with Crippen molar-refractivity contribution in [3.8, 4) is 5.75 Å². The molecule has 0 saturated carbocycles. The lowest BCUT2D eigenvalue weighted by molar-refractivity contribution is 0.0506. The molecule has 0 aliphatic carbocycles. The van der Waals surface area contributed by atoms with Crippen LogP contribution < -0.4 is 10.5 Å². The van der Waals surface area contributed by atoms with Crippen molar-refractivity contribution in [1.82, 2.24) is 0 Å². The molecule has 0 aliphatic rings. The molecule has 1 aromatic carbocycles. The molecular weight excluding hydrogens is 258 g/mol. The predicted molar refractivity (Wildman–Crippen MR) is 64.0 cm³/mol. The van der Waals surface area contributed by atoms with Crippen LogP contribution in [0.15, 0.2) is 22.7 Å². The van der Waals surface area contributed by atoms with Gasteiger partial charge in [-0.2, -0.15) is 0 Å². The zero-order valence-corrected chi connectivity index (χ0v) is 10.6. The maximum absolute atomic E-state index is 5.73. The van der Waals surface area contributed by atoms with Crippen LogP contribution >= 0.6 is 15.9 Å². The Hall–Kier alpha value is -0.580. The Morgan fingerprint density at radius 3 is 2.73 bits per heavy atom. The number of halogens is 1. The van der Waals surface area contributed by atoms with Gasteiger partial charge in [-0.15, -0.1) is 0 Å². The first-order chi connectivity index (χ1) is 7.13. The average Bonchev–Trinajstić information content (AvgIpc) is 2.15.